The highest BCUT2D eigenvalue weighted by atomic mass is 79.9. The fourth-order valence-corrected chi connectivity index (χ4v) is 2.56. The molecular weight excluding hydrogens is 334 g/mol. The molecule has 1 rings (SSSR count). The van der Waals surface area contributed by atoms with Crippen LogP contribution in [0.3, 0.4) is 0 Å². The van der Waals surface area contributed by atoms with E-state index in [1.165, 1.54) is 7.05 Å². The van der Waals surface area contributed by atoms with Crippen LogP contribution in [-0.4, -0.2) is 38.2 Å². The highest BCUT2D eigenvalue weighted by Gasteiger charge is 2.15. The van der Waals surface area contributed by atoms with E-state index in [-0.39, 0.29) is 24.2 Å². The van der Waals surface area contributed by atoms with Crippen molar-refractivity contribution in [3.05, 3.63) is 22.4 Å². The van der Waals surface area contributed by atoms with E-state index in [2.05, 4.69) is 26.0 Å². The number of carbonyl (C=O) groups excluding carboxylic acids is 1. The van der Waals surface area contributed by atoms with Crippen LogP contribution in [0.1, 0.15) is 30.4 Å². The second-order valence-electron chi connectivity index (χ2n) is 4.32. The Kier molecular flexibility index (Phi) is 5.57. The molecule has 0 aliphatic rings. The molecule has 0 saturated heterocycles. The average molecular weight is 352 g/mol. The van der Waals surface area contributed by atoms with Gasteiger partial charge >= 0.3 is 0 Å². The molecule has 1 heterocycles. The van der Waals surface area contributed by atoms with Crippen molar-refractivity contribution in [2.75, 3.05) is 19.3 Å². The minimum atomic E-state index is -3.30. The highest BCUT2D eigenvalue weighted by Crippen LogP contribution is 2.19. The molecule has 1 aromatic rings. The van der Waals surface area contributed by atoms with Crippen molar-refractivity contribution in [2.45, 2.75) is 19.9 Å². The molecule has 19 heavy (non-hydrogen) atoms. The Morgan fingerprint density at radius 2 is 2.11 bits per heavy atom. The third-order valence-corrected chi connectivity index (χ3v) is 4.37. The van der Waals surface area contributed by atoms with E-state index in [0.29, 0.717) is 5.69 Å². The first-order valence-corrected chi connectivity index (χ1v) is 8.28. The Labute approximate surface area is 121 Å². The van der Waals surface area contributed by atoms with E-state index in [1.807, 2.05) is 24.6 Å². The number of nitrogens with one attached hydrogen (secondary N) is 2. The molecule has 0 aliphatic heterocycles. The number of hydrogen-bond acceptors (Lipinski definition) is 3. The zero-order chi connectivity index (χ0) is 14.6. The van der Waals surface area contributed by atoms with Gasteiger partial charge in [0.15, 0.2) is 0 Å². The lowest BCUT2D eigenvalue weighted by atomic mass is 10.3. The van der Waals surface area contributed by atoms with Crippen LogP contribution < -0.4 is 10.0 Å². The summed E-state index contributed by atoms with van der Waals surface area (Å²) in [6.07, 6.45) is 1.82. The molecule has 0 fully saturated rings. The topological polar surface area (TPSA) is 80.2 Å². The molecule has 0 bridgehead atoms. The van der Waals surface area contributed by atoms with E-state index < -0.39 is 10.0 Å². The van der Waals surface area contributed by atoms with Gasteiger partial charge in [0.2, 0.25) is 10.0 Å². The number of sulfonamides is 1. The van der Waals surface area contributed by atoms with Gasteiger partial charge in [-0.25, -0.2) is 13.1 Å². The second-order valence-corrected chi connectivity index (χ2v) is 7.29. The minimum absolute atomic E-state index is 0.0723. The molecule has 0 atom stereocenters. The maximum absolute atomic E-state index is 12.0. The number of rotatable bonds is 6. The van der Waals surface area contributed by atoms with Crippen LogP contribution in [0.25, 0.3) is 0 Å². The van der Waals surface area contributed by atoms with Crippen LogP contribution in [0.4, 0.5) is 0 Å². The van der Waals surface area contributed by atoms with Gasteiger partial charge in [0.25, 0.3) is 5.91 Å². The summed E-state index contributed by atoms with van der Waals surface area (Å²) in [5, 5.41) is 2.60. The monoisotopic (exact) mass is 351 g/mol. The van der Waals surface area contributed by atoms with Crippen molar-refractivity contribution in [1.29, 1.82) is 0 Å². The molecule has 6 nitrogen and oxygen atoms in total. The number of aromatic nitrogens is 1. The quantitative estimate of drug-likeness (QED) is 0.805. The third kappa shape index (κ3) is 4.63. The predicted octanol–water partition coefficient (Wildman–Crippen LogP) is 1.11. The zero-order valence-corrected chi connectivity index (χ0v) is 13.5. The molecule has 8 heteroatoms. The van der Waals surface area contributed by atoms with Crippen LogP contribution in [0, 0.1) is 0 Å². The van der Waals surface area contributed by atoms with E-state index in [0.717, 1.165) is 4.47 Å². The van der Waals surface area contributed by atoms with Gasteiger partial charge in [-0.3, -0.25) is 4.79 Å². The Morgan fingerprint density at radius 1 is 1.47 bits per heavy atom. The summed E-state index contributed by atoms with van der Waals surface area (Å²) in [5.41, 5.74) is 0.503. The SMILES string of the molecule is CNS(=O)(=O)CCNC(=O)c1cc(Br)cn1C(C)C. The normalized spacial score (nSPS) is 11.8. The number of halogens is 1. The lowest BCUT2D eigenvalue weighted by Crippen LogP contribution is -2.33. The van der Waals surface area contributed by atoms with Crippen molar-refractivity contribution in [1.82, 2.24) is 14.6 Å². The largest absolute Gasteiger partial charge is 0.350 e. The van der Waals surface area contributed by atoms with Crippen LogP contribution in [-0.2, 0) is 10.0 Å². The van der Waals surface area contributed by atoms with E-state index >= 15 is 0 Å². The molecule has 0 saturated carbocycles. The molecule has 1 amide bonds. The van der Waals surface area contributed by atoms with Gasteiger partial charge in [-0.1, -0.05) is 0 Å². The lowest BCUT2D eigenvalue weighted by Gasteiger charge is -2.12. The predicted molar refractivity (Wildman–Crippen MR) is 77.7 cm³/mol. The Morgan fingerprint density at radius 3 is 2.63 bits per heavy atom. The molecule has 108 valence electrons. The molecule has 1 aromatic heterocycles. The number of amides is 1. The van der Waals surface area contributed by atoms with Crippen LogP contribution in [0.15, 0.2) is 16.7 Å². The first-order chi connectivity index (χ1) is 8.76. The summed E-state index contributed by atoms with van der Waals surface area (Å²) in [6, 6.07) is 1.86. The van der Waals surface area contributed by atoms with Gasteiger partial charge in [-0.05, 0) is 42.9 Å². The highest BCUT2D eigenvalue weighted by molar-refractivity contribution is 9.10. The van der Waals surface area contributed by atoms with E-state index in [4.69, 9.17) is 0 Å². The Balaban J connectivity index is 2.69. The van der Waals surface area contributed by atoms with Gasteiger partial charge in [-0.15, -0.1) is 0 Å². The Bertz CT molecular complexity index is 552. The first kappa shape index (κ1) is 16.2. The summed E-state index contributed by atoms with van der Waals surface area (Å²) >= 11 is 3.32. The van der Waals surface area contributed by atoms with Gasteiger partial charge in [0.05, 0.1) is 5.75 Å². The maximum atomic E-state index is 12.0. The van der Waals surface area contributed by atoms with Crippen molar-refractivity contribution < 1.29 is 13.2 Å². The summed E-state index contributed by atoms with van der Waals surface area (Å²) in [6.45, 7) is 4.01. The summed E-state index contributed by atoms with van der Waals surface area (Å²) in [5.74, 6) is -0.426. The smallest absolute Gasteiger partial charge is 0.267 e. The summed E-state index contributed by atoms with van der Waals surface area (Å²) < 4.78 is 27.3. The van der Waals surface area contributed by atoms with Crippen molar-refractivity contribution >= 4 is 31.9 Å². The average Bonchev–Trinajstić information content (AvgIpc) is 2.71. The minimum Gasteiger partial charge on any atom is -0.350 e. The molecule has 0 aliphatic carbocycles. The van der Waals surface area contributed by atoms with E-state index in [1.54, 1.807) is 6.07 Å². The molecule has 0 unspecified atom stereocenters. The second kappa shape index (κ2) is 6.53. The molecule has 2 N–H and O–H groups in total. The first-order valence-electron chi connectivity index (χ1n) is 5.83. The molecule has 0 spiro atoms. The zero-order valence-electron chi connectivity index (χ0n) is 11.1. The van der Waals surface area contributed by atoms with Gasteiger partial charge < -0.3 is 9.88 Å². The maximum Gasteiger partial charge on any atom is 0.267 e. The van der Waals surface area contributed by atoms with E-state index in [9.17, 15) is 13.2 Å². The lowest BCUT2D eigenvalue weighted by molar-refractivity contribution is 0.0945. The molecule has 0 aromatic carbocycles. The molecule has 0 radical (unpaired) electrons. The van der Waals surface area contributed by atoms with Crippen LogP contribution in [0.5, 0.6) is 0 Å². The van der Waals surface area contributed by atoms with Crippen molar-refractivity contribution in [3.8, 4) is 0 Å². The number of carbonyl (C=O) groups is 1. The summed E-state index contributed by atoms with van der Waals surface area (Å²) in [4.78, 5) is 12.0. The Hall–Kier alpha value is -0.860. The standard InChI is InChI=1S/C11H18BrN3O3S/c1-8(2)15-7-9(12)6-10(15)11(16)14-4-5-19(17,18)13-3/h6-8,13H,4-5H2,1-3H3,(H,14,16). The summed E-state index contributed by atoms with van der Waals surface area (Å²) in [7, 11) is -1.95. The van der Waals surface area contributed by atoms with Gasteiger partial charge in [-0.2, -0.15) is 0 Å². The van der Waals surface area contributed by atoms with Gasteiger partial charge in [0.1, 0.15) is 5.69 Å². The van der Waals surface area contributed by atoms with Crippen LogP contribution >= 0.6 is 15.9 Å². The number of hydrogen-bond donors (Lipinski definition) is 2. The molecular formula is C11H18BrN3O3S. The fourth-order valence-electron chi connectivity index (χ4n) is 1.55. The van der Waals surface area contributed by atoms with Crippen molar-refractivity contribution in [3.63, 3.8) is 0 Å². The van der Waals surface area contributed by atoms with Crippen LogP contribution in [0.2, 0.25) is 0 Å². The fraction of sp³-hybridized carbons (Fsp3) is 0.545. The van der Waals surface area contributed by atoms with Gasteiger partial charge in [0, 0.05) is 23.3 Å². The number of nitrogens with zero attached hydrogens (tertiary/aromatic N) is 1. The third-order valence-electron chi connectivity index (χ3n) is 2.57. The van der Waals surface area contributed by atoms with Crippen molar-refractivity contribution in [2.24, 2.45) is 0 Å².